The number of carbonyl (C=O) groups excluding carboxylic acids is 2. The van der Waals surface area contributed by atoms with Crippen molar-refractivity contribution in [3.63, 3.8) is 0 Å². The highest BCUT2D eigenvalue weighted by Crippen LogP contribution is 2.52. The van der Waals surface area contributed by atoms with Gasteiger partial charge in [-0.1, -0.05) is 85.3 Å². The number of amides is 2. The van der Waals surface area contributed by atoms with Crippen LogP contribution in [0, 0.1) is 5.21 Å². The molecule has 4 aromatic carbocycles. The summed E-state index contributed by atoms with van der Waals surface area (Å²) >= 11 is 1.56. The van der Waals surface area contributed by atoms with Crippen LogP contribution in [-0.2, 0) is 10.2 Å². The number of hydrogen-bond donors (Lipinski definition) is 1. The van der Waals surface area contributed by atoms with Gasteiger partial charge in [-0.15, -0.1) is 11.3 Å². The molecular formula is C39H36F3N4O3S-. The zero-order valence-corrected chi connectivity index (χ0v) is 28.1. The van der Waals surface area contributed by atoms with Gasteiger partial charge in [0.2, 0.25) is 5.91 Å². The maximum absolute atomic E-state index is 13.8. The molecule has 0 radical (unpaired) electrons. The number of hydroxylamine groups is 2. The summed E-state index contributed by atoms with van der Waals surface area (Å²) in [5.74, 6) is -1.20. The summed E-state index contributed by atoms with van der Waals surface area (Å²) in [6.07, 6.45) is -1.79. The number of rotatable bonds is 10. The molecule has 1 saturated heterocycles. The number of para-hydroxylation sites is 1. The van der Waals surface area contributed by atoms with Crippen LogP contribution in [0.5, 0.6) is 0 Å². The lowest BCUT2D eigenvalue weighted by atomic mass is 9.73. The van der Waals surface area contributed by atoms with Gasteiger partial charge in [0.25, 0.3) is 5.91 Å². The predicted octanol–water partition coefficient (Wildman–Crippen LogP) is 8.18. The normalized spacial score (nSPS) is 15.8. The molecule has 50 heavy (non-hydrogen) atoms. The van der Waals surface area contributed by atoms with Gasteiger partial charge in [-0.05, 0) is 72.7 Å². The van der Waals surface area contributed by atoms with E-state index in [1.54, 1.807) is 35.6 Å². The number of unbranched alkanes of at least 4 members (excludes halogenated alkanes) is 1. The number of thiazole rings is 1. The molecule has 0 spiro atoms. The second kappa shape index (κ2) is 14.0. The molecule has 2 heterocycles. The zero-order valence-electron chi connectivity index (χ0n) is 27.3. The van der Waals surface area contributed by atoms with Gasteiger partial charge in [0.05, 0.1) is 15.6 Å². The fraction of sp³-hybridized carbons (Fsp3) is 0.308. The molecule has 2 aliphatic rings. The van der Waals surface area contributed by atoms with Crippen molar-refractivity contribution < 1.29 is 22.8 Å². The fourth-order valence-electron chi connectivity index (χ4n) is 7.52. The summed E-state index contributed by atoms with van der Waals surface area (Å²) in [6.45, 7) is 0.440. The summed E-state index contributed by atoms with van der Waals surface area (Å²) < 4.78 is 40.9. The van der Waals surface area contributed by atoms with E-state index < -0.39 is 29.1 Å². The zero-order chi connectivity index (χ0) is 34.9. The van der Waals surface area contributed by atoms with Crippen LogP contribution in [0.15, 0.2) is 97.1 Å². The van der Waals surface area contributed by atoms with E-state index in [1.807, 2.05) is 72.8 Å². The first-order valence-electron chi connectivity index (χ1n) is 16.9. The van der Waals surface area contributed by atoms with Gasteiger partial charge in [-0.25, -0.2) is 4.98 Å². The molecule has 7 nitrogen and oxygen atoms in total. The lowest BCUT2D eigenvalue weighted by molar-refractivity contribution is -0.158. The number of halogens is 3. The molecule has 1 N–H and O–H groups in total. The minimum atomic E-state index is -4.80. The number of piperidine rings is 1. The van der Waals surface area contributed by atoms with Gasteiger partial charge in [0, 0.05) is 30.3 Å². The van der Waals surface area contributed by atoms with E-state index >= 15 is 0 Å². The highest BCUT2D eigenvalue weighted by molar-refractivity contribution is 7.21. The van der Waals surface area contributed by atoms with E-state index in [0.717, 1.165) is 64.4 Å². The van der Waals surface area contributed by atoms with Crippen molar-refractivity contribution in [2.45, 2.75) is 49.7 Å². The van der Waals surface area contributed by atoms with Crippen molar-refractivity contribution in [1.29, 1.82) is 0 Å². The average Bonchev–Trinajstić information content (AvgIpc) is 3.68. The van der Waals surface area contributed by atoms with Crippen LogP contribution in [0.2, 0.25) is 0 Å². The molecular weight excluding hydrogens is 662 g/mol. The number of likely N-dealkylation sites (tertiary alicyclic amines) is 1. The Morgan fingerprint density at radius 2 is 1.46 bits per heavy atom. The van der Waals surface area contributed by atoms with E-state index in [-0.39, 0.29) is 18.4 Å². The first kappa shape index (κ1) is 33.9. The maximum atomic E-state index is 13.8. The summed E-state index contributed by atoms with van der Waals surface area (Å²) in [6, 6.07) is 29.9. The van der Waals surface area contributed by atoms with Crippen molar-refractivity contribution in [2.75, 3.05) is 26.2 Å². The Morgan fingerprint density at radius 1 is 0.860 bits per heavy atom. The largest absolute Gasteiger partial charge is 0.756 e. The Balaban J connectivity index is 0.976. The third-order valence-electron chi connectivity index (χ3n) is 9.87. The molecule has 1 aliphatic heterocycles. The van der Waals surface area contributed by atoms with E-state index in [1.165, 1.54) is 0 Å². The van der Waals surface area contributed by atoms with Crippen molar-refractivity contribution in [1.82, 2.24) is 20.3 Å². The number of alkyl halides is 3. The van der Waals surface area contributed by atoms with Crippen LogP contribution < -0.4 is 5.32 Å². The molecule has 5 aromatic rings. The number of nitrogens with zero attached hydrogens (tertiary/aromatic N) is 3. The van der Waals surface area contributed by atoms with Crippen molar-refractivity contribution in [3.8, 4) is 21.7 Å². The minimum Gasteiger partial charge on any atom is -0.756 e. The number of hydrogen-bond acceptors (Lipinski definition) is 6. The van der Waals surface area contributed by atoms with E-state index in [0.29, 0.717) is 29.5 Å². The summed E-state index contributed by atoms with van der Waals surface area (Å²) in [4.78, 5) is 34.3. The first-order chi connectivity index (χ1) is 24.1. The number of carbonyl (C=O) groups is 2. The van der Waals surface area contributed by atoms with Crippen LogP contribution in [0.3, 0.4) is 0 Å². The van der Waals surface area contributed by atoms with E-state index in [2.05, 4.69) is 10.2 Å². The smallest absolute Gasteiger partial charge is 0.405 e. The van der Waals surface area contributed by atoms with Crippen LogP contribution in [0.25, 0.3) is 31.9 Å². The Morgan fingerprint density at radius 3 is 2.12 bits per heavy atom. The van der Waals surface area contributed by atoms with E-state index in [4.69, 9.17) is 4.98 Å². The van der Waals surface area contributed by atoms with Gasteiger partial charge in [-0.2, -0.15) is 13.2 Å². The molecule has 1 aliphatic carbocycles. The molecule has 11 heteroatoms. The van der Waals surface area contributed by atoms with Crippen LogP contribution in [0.4, 0.5) is 13.2 Å². The van der Waals surface area contributed by atoms with E-state index in [9.17, 15) is 28.0 Å². The van der Waals surface area contributed by atoms with Crippen molar-refractivity contribution in [2.24, 2.45) is 0 Å². The first-order valence-corrected chi connectivity index (χ1v) is 17.7. The van der Waals surface area contributed by atoms with Gasteiger partial charge in [0.15, 0.2) is 0 Å². The quantitative estimate of drug-likeness (QED) is 0.118. The Hall–Kier alpha value is -4.58. The SMILES string of the molecule is O=C(NC1CCN(CCCCC2(C(=O)N([O-])CC(F)(F)F)c3ccccc3-c3ccccc32)CC1)c1ccccc1-c1nc2ccccc2s1. The van der Waals surface area contributed by atoms with Gasteiger partial charge in [0.1, 0.15) is 11.6 Å². The van der Waals surface area contributed by atoms with Crippen LogP contribution in [-0.4, -0.2) is 65.2 Å². The summed E-state index contributed by atoms with van der Waals surface area (Å²) in [5.41, 5.74) is 3.52. The molecule has 0 bridgehead atoms. The van der Waals surface area contributed by atoms with Gasteiger partial charge in [-0.3, -0.25) is 9.59 Å². The molecule has 0 saturated carbocycles. The minimum absolute atomic E-state index is 0.0197. The molecule has 1 fully saturated rings. The molecule has 1 aromatic heterocycles. The second-order valence-electron chi connectivity index (χ2n) is 13.0. The second-order valence-corrected chi connectivity index (χ2v) is 14.1. The topological polar surface area (TPSA) is 88.6 Å². The summed E-state index contributed by atoms with van der Waals surface area (Å²) in [7, 11) is 0. The fourth-order valence-corrected chi connectivity index (χ4v) is 8.53. The number of aromatic nitrogens is 1. The third kappa shape index (κ3) is 6.65. The van der Waals surface area contributed by atoms with Crippen LogP contribution in [0.1, 0.15) is 53.6 Å². The van der Waals surface area contributed by atoms with Gasteiger partial charge < -0.3 is 20.5 Å². The molecule has 0 atom stereocenters. The number of fused-ring (bicyclic) bond motifs is 4. The Labute approximate surface area is 292 Å². The van der Waals surface area contributed by atoms with Gasteiger partial charge >= 0.3 is 6.18 Å². The monoisotopic (exact) mass is 697 g/mol. The number of benzene rings is 4. The lowest BCUT2D eigenvalue weighted by Gasteiger charge is -2.40. The predicted molar refractivity (Wildman–Crippen MR) is 190 cm³/mol. The lowest BCUT2D eigenvalue weighted by Crippen LogP contribution is -2.47. The molecule has 258 valence electrons. The molecule has 7 rings (SSSR count). The standard InChI is InChI=1S/C39H36F3N4O3S/c40-39(41,42)25-46(49)37(48)38(31-15-5-3-11-27(31)28-12-4-6-16-32(28)38)21-9-10-22-45-23-19-26(20-24-45)43-35(47)29-13-1-2-14-30(29)36-44-33-17-7-8-18-34(33)50-36/h1-8,11-18,26H,9-10,19-25H2,(H,43,47)/q-1. The third-order valence-corrected chi connectivity index (χ3v) is 10.9. The highest BCUT2D eigenvalue weighted by Gasteiger charge is 2.49. The number of nitrogens with one attached hydrogen (secondary N) is 1. The van der Waals surface area contributed by atoms with Crippen molar-refractivity contribution >= 4 is 33.4 Å². The molecule has 2 amide bonds. The Bertz CT molecular complexity index is 1940. The molecule has 0 unspecified atom stereocenters. The summed E-state index contributed by atoms with van der Waals surface area (Å²) in [5, 5.41) is 16.4. The average molecular weight is 698 g/mol. The van der Waals surface area contributed by atoms with Crippen LogP contribution >= 0.6 is 11.3 Å². The maximum Gasteiger partial charge on any atom is 0.405 e. The van der Waals surface area contributed by atoms with Crippen molar-refractivity contribution in [3.05, 3.63) is 119 Å². The Kier molecular flexibility index (Phi) is 9.47. The highest BCUT2D eigenvalue weighted by atomic mass is 32.1.